The number of sulfonamides is 1. The lowest BCUT2D eigenvalue weighted by molar-refractivity contribution is -0.385. The maximum absolute atomic E-state index is 12.8. The van der Waals surface area contributed by atoms with Crippen molar-refractivity contribution in [1.29, 1.82) is 0 Å². The van der Waals surface area contributed by atoms with E-state index in [2.05, 4.69) is 0 Å². The predicted octanol–water partition coefficient (Wildman–Crippen LogP) is 1.40. The SMILES string of the molecule is CCN(CC)S(=O)(=O)c1cc([N+](=O)[O-])ccc1CCC(N)N(C)C. The molecule has 1 atom stereocenters. The van der Waals surface area contributed by atoms with Crippen LogP contribution < -0.4 is 5.73 Å². The van der Waals surface area contributed by atoms with E-state index in [-0.39, 0.29) is 16.7 Å². The summed E-state index contributed by atoms with van der Waals surface area (Å²) in [6, 6.07) is 3.98. The summed E-state index contributed by atoms with van der Waals surface area (Å²) in [5.74, 6) is 0. The Morgan fingerprint density at radius 2 is 1.83 bits per heavy atom. The Morgan fingerprint density at radius 1 is 1.25 bits per heavy atom. The van der Waals surface area contributed by atoms with Gasteiger partial charge in [0.1, 0.15) is 0 Å². The number of nitrogens with two attached hydrogens (primary N) is 1. The van der Waals surface area contributed by atoms with E-state index in [9.17, 15) is 18.5 Å². The largest absolute Gasteiger partial charge is 0.316 e. The van der Waals surface area contributed by atoms with Crippen LogP contribution in [0.4, 0.5) is 5.69 Å². The Hall–Kier alpha value is -1.55. The lowest BCUT2D eigenvalue weighted by Crippen LogP contribution is -2.36. The van der Waals surface area contributed by atoms with Crippen LogP contribution in [0.25, 0.3) is 0 Å². The molecule has 0 spiro atoms. The summed E-state index contributed by atoms with van der Waals surface area (Å²) in [5, 5.41) is 11.0. The molecular weight excluding hydrogens is 332 g/mol. The molecule has 1 rings (SSSR count). The van der Waals surface area contributed by atoms with Gasteiger partial charge in [-0.3, -0.25) is 15.0 Å². The zero-order valence-electron chi connectivity index (χ0n) is 14.6. The molecular formula is C15H26N4O4S. The van der Waals surface area contributed by atoms with Gasteiger partial charge >= 0.3 is 0 Å². The van der Waals surface area contributed by atoms with Gasteiger partial charge in [0.15, 0.2) is 0 Å². The third kappa shape index (κ3) is 4.73. The van der Waals surface area contributed by atoms with Crippen molar-refractivity contribution in [3.8, 4) is 0 Å². The molecule has 1 unspecified atom stereocenters. The van der Waals surface area contributed by atoms with Crippen LogP contribution in [0.2, 0.25) is 0 Å². The van der Waals surface area contributed by atoms with Gasteiger partial charge in [-0.25, -0.2) is 8.42 Å². The Labute approximate surface area is 143 Å². The highest BCUT2D eigenvalue weighted by Gasteiger charge is 2.27. The van der Waals surface area contributed by atoms with Crippen LogP contribution in [0.3, 0.4) is 0 Å². The molecule has 1 aromatic rings. The van der Waals surface area contributed by atoms with E-state index in [0.717, 1.165) is 6.07 Å². The van der Waals surface area contributed by atoms with E-state index in [1.165, 1.54) is 16.4 Å². The molecule has 0 aliphatic carbocycles. The maximum Gasteiger partial charge on any atom is 0.270 e. The van der Waals surface area contributed by atoms with Gasteiger partial charge in [0.05, 0.1) is 16.0 Å². The molecule has 0 aliphatic heterocycles. The maximum atomic E-state index is 12.8. The first-order valence-corrected chi connectivity index (χ1v) is 9.28. The Kier molecular flexibility index (Phi) is 7.27. The fourth-order valence-electron chi connectivity index (χ4n) is 2.37. The molecule has 0 saturated carbocycles. The van der Waals surface area contributed by atoms with Gasteiger partial charge in [-0.15, -0.1) is 0 Å². The van der Waals surface area contributed by atoms with Gasteiger partial charge in [-0.05, 0) is 32.5 Å². The molecule has 0 radical (unpaired) electrons. The average molecular weight is 358 g/mol. The van der Waals surface area contributed by atoms with E-state index in [0.29, 0.717) is 31.5 Å². The smallest absolute Gasteiger partial charge is 0.270 e. The van der Waals surface area contributed by atoms with Crippen LogP contribution in [0, 0.1) is 10.1 Å². The van der Waals surface area contributed by atoms with E-state index in [4.69, 9.17) is 5.73 Å². The first kappa shape index (κ1) is 20.5. The van der Waals surface area contributed by atoms with Crippen LogP contribution in [-0.2, 0) is 16.4 Å². The van der Waals surface area contributed by atoms with Crippen molar-refractivity contribution in [1.82, 2.24) is 9.21 Å². The lowest BCUT2D eigenvalue weighted by atomic mass is 10.1. The first-order chi connectivity index (χ1) is 11.1. The number of benzene rings is 1. The number of rotatable bonds is 9. The van der Waals surface area contributed by atoms with Crippen LogP contribution >= 0.6 is 0 Å². The van der Waals surface area contributed by atoms with Crippen molar-refractivity contribution in [3.63, 3.8) is 0 Å². The number of aryl methyl sites for hydroxylation is 1. The summed E-state index contributed by atoms with van der Waals surface area (Å²) in [6.45, 7) is 4.08. The molecule has 136 valence electrons. The number of hydrogen-bond donors (Lipinski definition) is 1. The fourth-order valence-corrected chi connectivity index (χ4v) is 4.10. The van der Waals surface area contributed by atoms with Gasteiger partial charge in [0.25, 0.3) is 5.69 Å². The topological polar surface area (TPSA) is 110 Å². The van der Waals surface area contributed by atoms with Gasteiger partial charge in [-0.2, -0.15) is 4.31 Å². The highest BCUT2D eigenvalue weighted by molar-refractivity contribution is 7.89. The van der Waals surface area contributed by atoms with Gasteiger partial charge < -0.3 is 5.73 Å². The molecule has 24 heavy (non-hydrogen) atoms. The quantitative estimate of drug-likeness (QED) is 0.406. The van der Waals surface area contributed by atoms with Crippen LogP contribution in [-0.4, -0.2) is 55.9 Å². The van der Waals surface area contributed by atoms with E-state index in [1.54, 1.807) is 13.8 Å². The van der Waals surface area contributed by atoms with Crippen molar-refractivity contribution in [2.24, 2.45) is 5.73 Å². The molecule has 0 fully saturated rings. The summed E-state index contributed by atoms with van der Waals surface area (Å²) in [4.78, 5) is 12.3. The molecule has 0 bridgehead atoms. The van der Waals surface area contributed by atoms with Crippen LogP contribution in [0.1, 0.15) is 25.8 Å². The second-order valence-corrected chi connectivity index (χ2v) is 7.61. The molecule has 0 amide bonds. The van der Waals surface area contributed by atoms with Crippen molar-refractivity contribution in [2.45, 2.75) is 37.8 Å². The monoisotopic (exact) mass is 358 g/mol. The summed E-state index contributed by atoms with van der Waals surface area (Å²) in [6.07, 6.45) is 0.753. The second kappa shape index (κ2) is 8.52. The van der Waals surface area contributed by atoms with E-state index >= 15 is 0 Å². The minimum atomic E-state index is -3.78. The van der Waals surface area contributed by atoms with Gasteiger partial charge in [-0.1, -0.05) is 19.9 Å². The third-order valence-corrected chi connectivity index (χ3v) is 6.09. The average Bonchev–Trinajstić information content (AvgIpc) is 2.52. The van der Waals surface area contributed by atoms with Crippen molar-refractivity contribution >= 4 is 15.7 Å². The second-order valence-electron chi connectivity index (χ2n) is 5.71. The number of non-ortho nitro benzene ring substituents is 1. The minimum absolute atomic E-state index is 0.00800. The van der Waals surface area contributed by atoms with E-state index < -0.39 is 14.9 Å². The normalized spacial score (nSPS) is 13.5. The fraction of sp³-hybridized carbons (Fsp3) is 0.600. The van der Waals surface area contributed by atoms with E-state index in [1.807, 2.05) is 19.0 Å². The molecule has 0 aromatic heterocycles. The molecule has 0 heterocycles. The number of hydrogen-bond acceptors (Lipinski definition) is 6. The standard InChI is InChI=1S/C15H26N4O4S/c1-5-18(6-2)24(22,23)14-11-13(19(20)21)9-7-12(14)8-10-15(16)17(3)4/h7,9,11,15H,5-6,8,10,16H2,1-4H3. The summed E-state index contributed by atoms with van der Waals surface area (Å²) >= 11 is 0. The first-order valence-electron chi connectivity index (χ1n) is 7.84. The summed E-state index contributed by atoms with van der Waals surface area (Å²) < 4.78 is 27.0. The van der Waals surface area contributed by atoms with Gasteiger partial charge in [0.2, 0.25) is 10.0 Å². The summed E-state index contributed by atoms with van der Waals surface area (Å²) in [5.41, 5.74) is 6.28. The Bertz CT molecular complexity index is 672. The Morgan fingerprint density at radius 3 is 2.29 bits per heavy atom. The van der Waals surface area contributed by atoms with Crippen molar-refractivity contribution < 1.29 is 13.3 Å². The minimum Gasteiger partial charge on any atom is -0.316 e. The van der Waals surface area contributed by atoms with Crippen LogP contribution in [0.15, 0.2) is 23.1 Å². The zero-order valence-corrected chi connectivity index (χ0v) is 15.4. The summed E-state index contributed by atoms with van der Waals surface area (Å²) in [7, 11) is -0.0989. The molecule has 1 aromatic carbocycles. The highest BCUT2D eigenvalue weighted by Crippen LogP contribution is 2.26. The van der Waals surface area contributed by atoms with Gasteiger partial charge in [0, 0.05) is 25.2 Å². The highest BCUT2D eigenvalue weighted by atomic mass is 32.2. The molecule has 0 saturated heterocycles. The number of nitro groups is 1. The molecule has 9 heteroatoms. The van der Waals surface area contributed by atoms with Crippen LogP contribution in [0.5, 0.6) is 0 Å². The van der Waals surface area contributed by atoms with Crippen molar-refractivity contribution in [2.75, 3.05) is 27.2 Å². The lowest BCUT2D eigenvalue weighted by Gasteiger charge is -2.22. The predicted molar refractivity (Wildman–Crippen MR) is 93.2 cm³/mol. The van der Waals surface area contributed by atoms with Crippen molar-refractivity contribution in [3.05, 3.63) is 33.9 Å². The Balaban J connectivity index is 3.32. The number of nitro benzene ring substituents is 1. The number of nitrogens with zero attached hydrogens (tertiary/aromatic N) is 3. The molecule has 2 N–H and O–H groups in total. The molecule has 8 nitrogen and oxygen atoms in total. The third-order valence-electron chi connectivity index (χ3n) is 3.96. The molecule has 0 aliphatic rings. The zero-order chi connectivity index (χ0) is 18.5.